The van der Waals surface area contributed by atoms with Crippen molar-refractivity contribution in [1.29, 1.82) is 0 Å². The van der Waals surface area contributed by atoms with Crippen molar-refractivity contribution in [3.8, 4) is 5.88 Å². The van der Waals surface area contributed by atoms with Crippen LogP contribution in [0.3, 0.4) is 0 Å². The highest BCUT2D eigenvalue weighted by atomic mass is 35.5. The fourth-order valence-corrected chi connectivity index (χ4v) is 2.34. The number of benzene rings is 1. The summed E-state index contributed by atoms with van der Waals surface area (Å²) in [5.74, 6) is 0.524. The maximum absolute atomic E-state index is 6.05. The fraction of sp³-hybridized carbons (Fsp3) is 0.375. The Morgan fingerprint density at radius 1 is 1.24 bits per heavy atom. The molecule has 1 N–H and O–H groups in total. The molecule has 0 amide bonds. The van der Waals surface area contributed by atoms with E-state index in [4.69, 9.17) is 16.3 Å². The summed E-state index contributed by atoms with van der Waals surface area (Å²) in [4.78, 5) is 0. The van der Waals surface area contributed by atoms with Crippen LogP contribution in [0, 0.1) is 0 Å². The third-order valence-corrected chi connectivity index (χ3v) is 3.43. The van der Waals surface area contributed by atoms with E-state index in [1.807, 2.05) is 30.3 Å². The number of aromatic nitrogens is 2. The summed E-state index contributed by atoms with van der Waals surface area (Å²) in [6, 6.07) is 11.8. The van der Waals surface area contributed by atoms with Gasteiger partial charge >= 0.3 is 0 Å². The summed E-state index contributed by atoms with van der Waals surface area (Å²) < 4.78 is 5.05. The summed E-state index contributed by atoms with van der Waals surface area (Å²) in [6.07, 6.45) is 1.89. The molecule has 0 aliphatic rings. The van der Waals surface area contributed by atoms with Crippen molar-refractivity contribution in [2.75, 3.05) is 13.7 Å². The highest BCUT2D eigenvalue weighted by Gasteiger charge is 2.14. The predicted octanol–water partition coefficient (Wildman–Crippen LogP) is 3.42. The van der Waals surface area contributed by atoms with Gasteiger partial charge in [-0.1, -0.05) is 30.7 Å². The van der Waals surface area contributed by atoms with Gasteiger partial charge in [-0.3, -0.25) is 0 Å². The van der Waals surface area contributed by atoms with Crippen LogP contribution < -0.4 is 10.1 Å². The van der Waals surface area contributed by atoms with Crippen LogP contribution >= 0.6 is 11.6 Å². The van der Waals surface area contributed by atoms with Gasteiger partial charge in [0.25, 0.3) is 0 Å². The van der Waals surface area contributed by atoms with E-state index in [9.17, 15) is 0 Å². The second-order valence-electron chi connectivity index (χ2n) is 4.84. The average molecular weight is 306 g/mol. The molecule has 0 saturated heterocycles. The van der Waals surface area contributed by atoms with Crippen LogP contribution in [0.25, 0.3) is 0 Å². The van der Waals surface area contributed by atoms with Gasteiger partial charge in [0.1, 0.15) is 0 Å². The van der Waals surface area contributed by atoms with Gasteiger partial charge in [0.2, 0.25) is 5.88 Å². The molecule has 0 saturated carbocycles. The number of methoxy groups -OCH3 is 1. The third-order valence-electron chi connectivity index (χ3n) is 3.20. The Bertz CT molecular complexity index is 560. The molecule has 0 spiro atoms. The number of rotatable bonds is 7. The molecule has 2 rings (SSSR count). The molecule has 1 aromatic carbocycles. The maximum Gasteiger partial charge on any atom is 0.233 e. The number of hydrogen-bond donors (Lipinski definition) is 1. The molecule has 1 aromatic heterocycles. The van der Waals surface area contributed by atoms with Crippen LogP contribution in [0.5, 0.6) is 5.88 Å². The average Bonchev–Trinajstić information content (AvgIpc) is 2.51. The predicted molar refractivity (Wildman–Crippen MR) is 84.8 cm³/mol. The Kier molecular flexibility index (Phi) is 5.96. The van der Waals surface area contributed by atoms with Gasteiger partial charge in [-0.25, -0.2) is 0 Å². The molecule has 0 aliphatic carbocycles. The lowest BCUT2D eigenvalue weighted by Crippen LogP contribution is -2.25. The number of halogens is 1. The minimum atomic E-state index is 0.113. The molecule has 1 unspecified atom stereocenters. The van der Waals surface area contributed by atoms with E-state index in [2.05, 4.69) is 28.5 Å². The van der Waals surface area contributed by atoms with E-state index in [-0.39, 0.29) is 6.04 Å². The molecule has 0 bridgehead atoms. The zero-order valence-electron chi connectivity index (χ0n) is 12.3. The summed E-state index contributed by atoms with van der Waals surface area (Å²) >= 11 is 6.05. The van der Waals surface area contributed by atoms with E-state index in [0.29, 0.717) is 5.88 Å². The molecule has 0 radical (unpaired) electrons. The molecular formula is C16H20ClN3O. The number of nitrogens with one attached hydrogen (secondary N) is 1. The molecular weight excluding hydrogens is 286 g/mol. The van der Waals surface area contributed by atoms with Crippen molar-refractivity contribution in [2.45, 2.75) is 25.8 Å². The highest BCUT2D eigenvalue weighted by molar-refractivity contribution is 6.30. The number of nitrogens with zero attached hydrogens (tertiary/aromatic N) is 2. The fourth-order valence-electron chi connectivity index (χ4n) is 2.12. The van der Waals surface area contributed by atoms with Crippen LogP contribution in [0.2, 0.25) is 5.02 Å². The lowest BCUT2D eigenvalue weighted by molar-refractivity contribution is 0.389. The molecule has 2 aromatic rings. The van der Waals surface area contributed by atoms with E-state index >= 15 is 0 Å². The van der Waals surface area contributed by atoms with Gasteiger partial charge in [0, 0.05) is 11.1 Å². The first-order valence-electron chi connectivity index (χ1n) is 7.08. The first kappa shape index (κ1) is 15.7. The lowest BCUT2D eigenvalue weighted by Gasteiger charge is -2.18. The van der Waals surface area contributed by atoms with E-state index in [1.54, 1.807) is 7.11 Å². The molecule has 112 valence electrons. The molecule has 4 nitrogen and oxygen atoms in total. The van der Waals surface area contributed by atoms with Gasteiger partial charge in [-0.05, 0) is 43.1 Å². The van der Waals surface area contributed by atoms with Crippen molar-refractivity contribution in [3.05, 3.63) is 52.7 Å². The minimum absolute atomic E-state index is 0.113. The van der Waals surface area contributed by atoms with Gasteiger partial charge in [0.05, 0.1) is 18.8 Å². The summed E-state index contributed by atoms with van der Waals surface area (Å²) in [6.45, 7) is 3.07. The highest BCUT2D eigenvalue weighted by Crippen LogP contribution is 2.20. The topological polar surface area (TPSA) is 47.0 Å². The normalized spacial score (nSPS) is 12.1. The van der Waals surface area contributed by atoms with E-state index in [1.165, 1.54) is 5.56 Å². The summed E-state index contributed by atoms with van der Waals surface area (Å²) in [7, 11) is 1.59. The summed E-state index contributed by atoms with van der Waals surface area (Å²) in [5.41, 5.74) is 2.08. The smallest absolute Gasteiger partial charge is 0.233 e. The van der Waals surface area contributed by atoms with Gasteiger partial charge in [0.15, 0.2) is 0 Å². The van der Waals surface area contributed by atoms with Crippen molar-refractivity contribution in [3.63, 3.8) is 0 Å². The first-order chi connectivity index (χ1) is 10.2. The Morgan fingerprint density at radius 3 is 2.71 bits per heavy atom. The van der Waals surface area contributed by atoms with Crippen LogP contribution in [-0.2, 0) is 6.42 Å². The zero-order chi connectivity index (χ0) is 15.1. The van der Waals surface area contributed by atoms with Crippen molar-refractivity contribution < 1.29 is 4.74 Å². The number of hydrogen-bond acceptors (Lipinski definition) is 4. The molecule has 0 fully saturated rings. The van der Waals surface area contributed by atoms with Crippen LogP contribution in [-0.4, -0.2) is 23.9 Å². The molecule has 21 heavy (non-hydrogen) atoms. The Balaban J connectivity index is 2.16. The van der Waals surface area contributed by atoms with Gasteiger partial charge in [-0.2, -0.15) is 5.10 Å². The molecule has 1 heterocycles. The summed E-state index contributed by atoms with van der Waals surface area (Å²) in [5, 5.41) is 12.6. The number of ether oxygens (including phenoxy) is 1. The SMILES string of the molecule is CCCNC(Cc1cccc(Cl)c1)c1ccc(OC)nn1. The first-order valence-corrected chi connectivity index (χ1v) is 7.46. The van der Waals surface area contributed by atoms with Crippen LogP contribution in [0.1, 0.15) is 30.6 Å². The largest absolute Gasteiger partial charge is 0.480 e. The van der Waals surface area contributed by atoms with Crippen LogP contribution in [0.15, 0.2) is 36.4 Å². The van der Waals surface area contributed by atoms with Gasteiger partial charge < -0.3 is 10.1 Å². The molecule has 5 heteroatoms. The van der Waals surface area contributed by atoms with Crippen molar-refractivity contribution in [2.24, 2.45) is 0 Å². The molecule has 0 aliphatic heterocycles. The quantitative estimate of drug-likeness (QED) is 0.851. The lowest BCUT2D eigenvalue weighted by atomic mass is 10.0. The Morgan fingerprint density at radius 2 is 2.10 bits per heavy atom. The Labute approximate surface area is 130 Å². The maximum atomic E-state index is 6.05. The van der Waals surface area contributed by atoms with Gasteiger partial charge in [-0.15, -0.1) is 5.10 Å². The molecule has 1 atom stereocenters. The zero-order valence-corrected chi connectivity index (χ0v) is 13.1. The van der Waals surface area contributed by atoms with Crippen molar-refractivity contribution >= 4 is 11.6 Å². The third kappa shape index (κ3) is 4.69. The monoisotopic (exact) mass is 305 g/mol. The van der Waals surface area contributed by atoms with E-state index in [0.717, 1.165) is 30.1 Å². The minimum Gasteiger partial charge on any atom is -0.480 e. The standard InChI is InChI=1S/C16H20ClN3O/c1-3-9-18-15(11-12-5-4-6-13(17)10-12)14-7-8-16(21-2)20-19-14/h4-8,10,15,18H,3,9,11H2,1-2H3. The second kappa shape index (κ2) is 7.96. The second-order valence-corrected chi connectivity index (χ2v) is 5.28. The van der Waals surface area contributed by atoms with Crippen LogP contribution in [0.4, 0.5) is 0 Å². The van der Waals surface area contributed by atoms with Crippen molar-refractivity contribution in [1.82, 2.24) is 15.5 Å². The van der Waals surface area contributed by atoms with E-state index < -0.39 is 0 Å². The Hall–Kier alpha value is -1.65.